The molecule has 0 radical (unpaired) electrons. The van der Waals surface area contributed by atoms with E-state index in [0.29, 0.717) is 5.11 Å². The number of fused-ring (bicyclic) bond motifs is 2. The Morgan fingerprint density at radius 2 is 1.84 bits per heavy atom. The Labute approximate surface area is 152 Å². The number of hydrogen-bond donors (Lipinski definition) is 2. The molecule has 0 amide bonds. The number of benzene rings is 2. The number of rotatable bonds is 3. The average Bonchev–Trinajstić information content (AvgIpc) is 2.66. The van der Waals surface area contributed by atoms with Crippen molar-refractivity contribution in [1.82, 2.24) is 10.6 Å². The van der Waals surface area contributed by atoms with Crippen LogP contribution in [0.5, 0.6) is 11.5 Å². The van der Waals surface area contributed by atoms with Gasteiger partial charge in [0, 0.05) is 16.8 Å². The molecule has 25 heavy (non-hydrogen) atoms. The van der Waals surface area contributed by atoms with Crippen LogP contribution in [0, 0.1) is 0 Å². The van der Waals surface area contributed by atoms with Gasteiger partial charge < -0.3 is 20.1 Å². The summed E-state index contributed by atoms with van der Waals surface area (Å²) in [6, 6.07) is 14.4. The number of ether oxygens (including phenoxy) is 2. The zero-order chi connectivity index (χ0) is 17.4. The molecule has 1 heterocycles. The maximum atomic E-state index is 5.65. The van der Waals surface area contributed by atoms with Gasteiger partial charge in [-0.3, -0.25) is 0 Å². The molecule has 1 aliphatic carbocycles. The van der Waals surface area contributed by atoms with Crippen LogP contribution in [-0.4, -0.2) is 19.3 Å². The third-order valence-electron chi connectivity index (χ3n) is 4.88. The fraction of sp³-hybridized carbons (Fsp3) is 0.250. The Morgan fingerprint density at radius 1 is 1.00 bits per heavy atom. The van der Waals surface area contributed by atoms with Crippen LogP contribution >= 0.6 is 12.2 Å². The summed E-state index contributed by atoms with van der Waals surface area (Å²) < 4.78 is 11.1. The van der Waals surface area contributed by atoms with E-state index >= 15 is 0 Å². The third-order valence-corrected chi connectivity index (χ3v) is 5.10. The van der Waals surface area contributed by atoms with E-state index in [4.69, 9.17) is 21.7 Å². The molecule has 1 atom stereocenters. The van der Waals surface area contributed by atoms with Gasteiger partial charge in [-0.2, -0.15) is 0 Å². The molecular formula is C20H20N2O2S. The van der Waals surface area contributed by atoms with Gasteiger partial charge in [0.1, 0.15) is 0 Å². The Morgan fingerprint density at radius 3 is 2.64 bits per heavy atom. The summed E-state index contributed by atoms with van der Waals surface area (Å²) >= 11 is 5.49. The molecule has 5 heteroatoms. The van der Waals surface area contributed by atoms with E-state index in [1.54, 1.807) is 14.2 Å². The lowest BCUT2D eigenvalue weighted by molar-refractivity contribution is 0.349. The second-order valence-corrected chi connectivity index (χ2v) is 6.58. The van der Waals surface area contributed by atoms with Crippen molar-refractivity contribution in [3.05, 3.63) is 64.7 Å². The minimum absolute atomic E-state index is 0.0258. The summed E-state index contributed by atoms with van der Waals surface area (Å²) in [6.45, 7) is 0. The van der Waals surface area contributed by atoms with Crippen LogP contribution in [0.3, 0.4) is 0 Å². The Kier molecular flexibility index (Phi) is 4.09. The first-order valence-electron chi connectivity index (χ1n) is 8.32. The molecule has 0 unspecified atom stereocenters. The van der Waals surface area contributed by atoms with E-state index in [1.807, 2.05) is 12.1 Å². The summed E-state index contributed by atoms with van der Waals surface area (Å²) in [5.41, 5.74) is 6.06. The summed E-state index contributed by atoms with van der Waals surface area (Å²) in [6.07, 6.45) is 1.99. The molecule has 0 saturated heterocycles. The van der Waals surface area contributed by atoms with Crippen LogP contribution < -0.4 is 20.1 Å². The highest BCUT2D eigenvalue weighted by Crippen LogP contribution is 2.43. The topological polar surface area (TPSA) is 42.5 Å². The van der Waals surface area contributed by atoms with Crippen LogP contribution in [0.1, 0.15) is 29.2 Å². The normalized spacial score (nSPS) is 18.6. The minimum Gasteiger partial charge on any atom is -0.493 e. The molecule has 2 N–H and O–H groups in total. The van der Waals surface area contributed by atoms with Gasteiger partial charge in [0.15, 0.2) is 16.6 Å². The average molecular weight is 352 g/mol. The fourth-order valence-corrected chi connectivity index (χ4v) is 3.98. The zero-order valence-electron chi connectivity index (χ0n) is 14.3. The number of hydrogen-bond acceptors (Lipinski definition) is 3. The van der Waals surface area contributed by atoms with Gasteiger partial charge in [0.2, 0.25) is 0 Å². The van der Waals surface area contributed by atoms with Crippen LogP contribution in [0.2, 0.25) is 0 Å². The van der Waals surface area contributed by atoms with Crippen molar-refractivity contribution in [2.24, 2.45) is 0 Å². The predicted molar refractivity (Wildman–Crippen MR) is 103 cm³/mol. The fourth-order valence-electron chi connectivity index (χ4n) is 3.76. The molecule has 2 aromatic rings. The Balaban J connectivity index is 1.88. The van der Waals surface area contributed by atoms with E-state index < -0.39 is 0 Å². The van der Waals surface area contributed by atoms with Crippen LogP contribution in [-0.2, 0) is 6.42 Å². The molecule has 2 aliphatic rings. The van der Waals surface area contributed by atoms with Gasteiger partial charge in [-0.15, -0.1) is 0 Å². The molecule has 128 valence electrons. The first-order valence-corrected chi connectivity index (χ1v) is 8.73. The SMILES string of the molecule is COc1cccc([C@H]2NC(=S)NC3=C2CCc2ccccc23)c1OC. The standard InChI is InChI=1S/C20H20N2O2S/c1-23-16-9-5-8-15(19(16)24-2)18-14-11-10-12-6-3-4-7-13(12)17(14)21-20(25)22-18/h3-9,18H,10-11H2,1-2H3,(H2,21,22,25)/t18-/m0/s1. The van der Waals surface area contributed by atoms with E-state index in [2.05, 4.69) is 41.0 Å². The second kappa shape index (κ2) is 6.41. The molecule has 4 nitrogen and oxygen atoms in total. The third kappa shape index (κ3) is 2.65. The number of aryl methyl sites for hydroxylation is 1. The zero-order valence-corrected chi connectivity index (χ0v) is 15.1. The van der Waals surface area contributed by atoms with E-state index in [9.17, 15) is 0 Å². The van der Waals surface area contributed by atoms with E-state index in [-0.39, 0.29) is 6.04 Å². The highest BCUT2D eigenvalue weighted by Gasteiger charge is 2.32. The summed E-state index contributed by atoms with van der Waals surface area (Å²) in [7, 11) is 3.33. The van der Waals surface area contributed by atoms with E-state index in [1.165, 1.54) is 16.7 Å². The van der Waals surface area contributed by atoms with Gasteiger partial charge in [-0.1, -0.05) is 36.4 Å². The van der Waals surface area contributed by atoms with Crippen molar-refractivity contribution in [2.45, 2.75) is 18.9 Å². The molecule has 0 spiro atoms. The molecule has 1 aliphatic heterocycles. The maximum Gasteiger partial charge on any atom is 0.171 e. The molecule has 4 rings (SSSR count). The predicted octanol–water partition coefficient (Wildman–Crippen LogP) is 3.58. The summed E-state index contributed by atoms with van der Waals surface area (Å²) in [4.78, 5) is 0. The Bertz CT molecular complexity index is 876. The van der Waals surface area contributed by atoms with Gasteiger partial charge in [0.25, 0.3) is 0 Å². The number of methoxy groups -OCH3 is 2. The highest BCUT2D eigenvalue weighted by molar-refractivity contribution is 7.80. The van der Waals surface area contributed by atoms with Crippen molar-refractivity contribution in [1.29, 1.82) is 0 Å². The number of para-hydroxylation sites is 1. The lowest BCUT2D eigenvalue weighted by Crippen LogP contribution is -2.44. The van der Waals surface area contributed by atoms with Gasteiger partial charge in [-0.25, -0.2) is 0 Å². The van der Waals surface area contributed by atoms with Crippen LogP contribution in [0.25, 0.3) is 5.70 Å². The molecule has 0 bridgehead atoms. The summed E-state index contributed by atoms with van der Waals surface area (Å²) in [5.74, 6) is 1.47. The summed E-state index contributed by atoms with van der Waals surface area (Å²) in [5, 5.41) is 7.41. The molecule has 2 aromatic carbocycles. The van der Waals surface area contributed by atoms with E-state index in [0.717, 1.165) is 35.6 Å². The van der Waals surface area contributed by atoms with Gasteiger partial charge in [0.05, 0.1) is 20.3 Å². The van der Waals surface area contributed by atoms with Gasteiger partial charge >= 0.3 is 0 Å². The lowest BCUT2D eigenvalue weighted by Gasteiger charge is -2.36. The van der Waals surface area contributed by atoms with Crippen molar-refractivity contribution in [3.8, 4) is 11.5 Å². The van der Waals surface area contributed by atoms with Crippen molar-refractivity contribution >= 4 is 23.0 Å². The molecular weight excluding hydrogens is 332 g/mol. The highest BCUT2D eigenvalue weighted by atomic mass is 32.1. The first-order chi connectivity index (χ1) is 12.2. The van der Waals surface area contributed by atoms with Crippen molar-refractivity contribution in [3.63, 3.8) is 0 Å². The molecule has 0 fully saturated rings. The van der Waals surface area contributed by atoms with Gasteiger partial charge in [-0.05, 0) is 42.3 Å². The molecule has 0 aromatic heterocycles. The number of nitrogens with one attached hydrogen (secondary N) is 2. The van der Waals surface area contributed by atoms with Crippen LogP contribution in [0.4, 0.5) is 0 Å². The second-order valence-electron chi connectivity index (χ2n) is 6.17. The largest absolute Gasteiger partial charge is 0.493 e. The minimum atomic E-state index is -0.0258. The first kappa shape index (κ1) is 16.0. The quantitative estimate of drug-likeness (QED) is 0.827. The van der Waals surface area contributed by atoms with Crippen LogP contribution in [0.15, 0.2) is 48.0 Å². The smallest absolute Gasteiger partial charge is 0.171 e. The maximum absolute atomic E-state index is 5.65. The number of thiocarbonyl (C=S) groups is 1. The molecule has 0 saturated carbocycles. The Hall–Kier alpha value is -2.53. The van der Waals surface area contributed by atoms with Crippen molar-refractivity contribution in [2.75, 3.05) is 14.2 Å². The lowest BCUT2D eigenvalue weighted by atomic mass is 9.82. The van der Waals surface area contributed by atoms with Crippen molar-refractivity contribution < 1.29 is 9.47 Å². The monoisotopic (exact) mass is 352 g/mol.